The Morgan fingerprint density at radius 3 is 2.43 bits per heavy atom. The van der Waals surface area contributed by atoms with Gasteiger partial charge in [-0.2, -0.15) is 4.98 Å². The molecule has 0 N–H and O–H groups in total. The number of hydrogen-bond donors (Lipinski definition) is 0. The van der Waals surface area contributed by atoms with Crippen molar-refractivity contribution < 1.29 is 22.8 Å². The van der Waals surface area contributed by atoms with Crippen LogP contribution in [0.5, 0.6) is 5.75 Å². The van der Waals surface area contributed by atoms with Gasteiger partial charge in [-0.3, -0.25) is 4.79 Å². The summed E-state index contributed by atoms with van der Waals surface area (Å²) >= 11 is 0. The third kappa shape index (κ3) is 4.25. The van der Waals surface area contributed by atoms with Gasteiger partial charge in [0, 0.05) is 17.2 Å². The fourth-order valence-corrected chi connectivity index (χ4v) is 2.78. The molecule has 0 aliphatic carbocycles. The number of ketones is 1. The minimum atomic E-state index is -0.785. The maximum Gasteiger partial charge on any atom is 0.261 e. The Hall–Kier alpha value is -3.87. The first-order valence-corrected chi connectivity index (χ1v) is 9.12. The van der Waals surface area contributed by atoms with Crippen LogP contribution in [-0.4, -0.2) is 22.5 Å². The number of aromatic nitrogens is 2. The van der Waals surface area contributed by atoms with Crippen LogP contribution in [0.1, 0.15) is 15.9 Å². The predicted octanol–water partition coefficient (Wildman–Crippen LogP) is 5.25. The van der Waals surface area contributed by atoms with Gasteiger partial charge in [-0.25, -0.2) is 8.78 Å². The predicted molar refractivity (Wildman–Crippen MR) is 106 cm³/mol. The highest BCUT2D eigenvalue weighted by molar-refractivity contribution is 5.97. The third-order valence-corrected chi connectivity index (χ3v) is 4.44. The largest absolute Gasteiger partial charge is 0.485 e. The summed E-state index contributed by atoms with van der Waals surface area (Å²) in [7, 11) is 0. The molecular weight excluding hydrogens is 390 g/mol. The first-order valence-electron chi connectivity index (χ1n) is 9.12. The number of benzene rings is 3. The standard InChI is InChI=1S/C23H16F2N2O3/c1-14-2-4-15(5-3-14)21(28)13-29-18-9-6-16(7-10-18)22-26-23(30-27-22)19-11-8-17(24)12-20(19)25/h2-12H,13H2,1H3. The van der Waals surface area contributed by atoms with Gasteiger partial charge in [0.25, 0.3) is 5.89 Å². The van der Waals surface area contributed by atoms with E-state index in [4.69, 9.17) is 9.26 Å². The van der Waals surface area contributed by atoms with Crippen LogP contribution in [0.4, 0.5) is 8.78 Å². The van der Waals surface area contributed by atoms with E-state index >= 15 is 0 Å². The molecule has 0 saturated carbocycles. The molecule has 4 rings (SSSR count). The van der Waals surface area contributed by atoms with E-state index in [0.717, 1.165) is 17.7 Å². The molecule has 0 aliphatic heterocycles. The maximum absolute atomic E-state index is 13.9. The molecule has 0 bridgehead atoms. The molecule has 0 saturated heterocycles. The lowest BCUT2D eigenvalue weighted by molar-refractivity contribution is 0.0921. The number of halogens is 2. The number of ether oxygens (including phenoxy) is 1. The van der Waals surface area contributed by atoms with Crippen molar-refractivity contribution in [1.82, 2.24) is 10.1 Å². The van der Waals surface area contributed by atoms with E-state index in [1.807, 2.05) is 19.1 Å². The summed E-state index contributed by atoms with van der Waals surface area (Å²) in [5.74, 6) is -0.891. The lowest BCUT2D eigenvalue weighted by atomic mass is 10.1. The first kappa shape index (κ1) is 19.4. The number of carbonyl (C=O) groups is 1. The molecule has 5 nitrogen and oxygen atoms in total. The highest BCUT2D eigenvalue weighted by Crippen LogP contribution is 2.26. The van der Waals surface area contributed by atoms with Crippen molar-refractivity contribution in [1.29, 1.82) is 0 Å². The van der Waals surface area contributed by atoms with Crippen molar-refractivity contribution in [2.24, 2.45) is 0 Å². The number of carbonyl (C=O) groups excluding carboxylic acids is 1. The van der Waals surface area contributed by atoms with Crippen LogP contribution >= 0.6 is 0 Å². The van der Waals surface area contributed by atoms with Crippen LogP contribution in [0, 0.1) is 18.6 Å². The van der Waals surface area contributed by atoms with Crippen LogP contribution in [0.2, 0.25) is 0 Å². The smallest absolute Gasteiger partial charge is 0.261 e. The Kier molecular flexibility index (Phi) is 5.34. The number of aryl methyl sites for hydroxylation is 1. The van der Waals surface area contributed by atoms with Gasteiger partial charge in [0.2, 0.25) is 5.82 Å². The van der Waals surface area contributed by atoms with Gasteiger partial charge < -0.3 is 9.26 Å². The zero-order valence-corrected chi connectivity index (χ0v) is 15.9. The summed E-state index contributed by atoms with van der Waals surface area (Å²) in [5.41, 5.74) is 2.30. The van der Waals surface area contributed by atoms with Gasteiger partial charge in [-0.1, -0.05) is 35.0 Å². The summed E-state index contributed by atoms with van der Waals surface area (Å²) < 4.78 is 37.6. The van der Waals surface area contributed by atoms with Crippen molar-refractivity contribution >= 4 is 5.78 Å². The highest BCUT2D eigenvalue weighted by atomic mass is 19.1. The van der Waals surface area contributed by atoms with E-state index in [9.17, 15) is 13.6 Å². The number of Topliss-reactive ketones (excluding diaryl/α,β-unsaturated/α-hetero) is 1. The van der Waals surface area contributed by atoms with Gasteiger partial charge in [0.05, 0.1) is 5.56 Å². The zero-order valence-electron chi connectivity index (χ0n) is 15.9. The van der Waals surface area contributed by atoms with Gasteiger partial charge in [0.1, 0.15) is 17.4 Å². The molecule has 30 heavy (non-hydrogen) atoms. The second-order valence-corrected chi connectivity index (χ2v) is 6.65. The van der Waals surface area contributed by atoms with E-state index in [0.29, 0.717) is 16.9 Å². The van der Waals surface area contributed by atoms with E-state index in [1.54, 1.807) is 36.4 Å². The average Bonchev–Trinajstić information content (AvgIpc) is 3.23. The molecule has 7 heteroatoms. The van der Waals surface area contributed by atoms with Gasteiger partial charge in [0.15, 0.2) is 12.4 Å². The number of hydrogen-bond acceptors (Lipinski definition) is 5. The summed E-state index contributed by atoms with van der Waals surface area (Å²) in [6.45, 7) is 1.87. The van der Waals surface area contributed by atoms with Gasteiger partial charge in [-0.15, -0.1) is 0 Å². The number of rotatable bonds is 6. The van der Waals surface area contributed by atoms with Crippen molar-refractivity contribution in [3.8, 4) is 28.6 Å². The Bertz CT molecular complexity index is 1190. The lowest BCUT2D eigenvalue weighted by Gasteiger charge is -2.06. The minimum Gasteiger partial charge on any atom is -0.485 e. The molecule has 0 unspecified atom stereocenters. The number of nitrogens with zero attached hydrogens (tertiary/aromatic N) is 2. The summed E-state index contributed by atoms with van der Waals surface area (Å²) in [5, 5.41) is 3.84. The quantitative estimate of drug-likeness (QED) is 0.409. The second-order valence-electron chi connectivity index (χ2n) is 6.65. The molecule has 4 aromatic rings. The van der Waals surface area contributed by atoms with Crippen LogP contribution < -0.4 is 4.74 Å². The molecule has 0 atom stereocenters. The molecule has 1 aromatic heterocycles. The molecule has 0 aliphatic rings. The Labute approximate surface area is 170 Å². The molecule has 1 heterocycles. The molecule has 0 radical (unpaired) electrons. The Morgan fingerprint density at radius 2 is 1.73 bits per heavy atom. The van der Waals surface area contributed by atoms with E-state index in [2.05, 4.69) is 10.1 Å². The van der Waals surface area contributed by atoms with E-state index in [-0.39, 0.29) is 29.7 Å². The van der Waals surface area contributed by atoms with Crippen molar-refractivity contribution in [3.63, 3.8) is 0 Å². The monoisotopic (exact) mass is 406 g/mol. The van der Waals surface area contributed by atoms with Gasteiger partial charge >= 0.3 is 0 Å². The van der Waals surface area contributed by atoms with E-state index in [1.165, 1.54) is 6.07 Å². The Morgan fingerprint density at radius 1 is 1.00 bits per heavy atom. The summed E-state index contributed by atoms with van der Waals surface area (Å²) in [6.07, 6.45) is 0. The molecule has 0 amide bonds. The summed E-state index contributed by atoms with van der Waals surface area (Å²) in [6, 6.07) is 17.1. The lowest BCUT2D eigenvalue weighted by Crippen LogP contribution is -2.11. The van der Waals surface area contributed by atoms with Crippen molar-refractivity contribution in [2.75, 3.05) is 6.61 Å². The highest BCUT2D eigenvalue weighted by Gasteiger charge is 2.15. The fourth-order valence-electron chi connectivity index (χ4n) is 2.78. The normalized spacial score (nSPS) is 10.8. The van der Waals surface area contributed by atoms with Gasteiger partial charge in [-0.05, 0) is 43.3 Å². The second kappa shape index (κ2) is 8.24. The first-order chi connectivity index (χ1) is 14.5. The molecule has 0 spiro atoms. The minimum absolute atomic E-state index is 0.0183. The molecule has 0 fully saturated rings. The average molecular weight is 406 g/mol. The van der Waals surface area contributed by atoms with Crippen LogP contribution in [0.15, 0.2) is 71.3 Å². The fraction of sp³-hybridized carbons (Fsp3) is 0.0870. The molecular formula is C23H16F2N2O3. The maximum atomic E-state index is 13.9. The summed E-state index contributed by atoms with van der Waals surface area (Å²) in [4.78, 5) is 16.3. The Balaban J connectivity index is 1.43. The molecule has 150 valence electrons. The zero-order chi connectivity index (χ0) is 21.1. The molecule has 3 aromatic carbocycles. The topological polar surface area (TPSA) is 65.2 Å². The van der Waals surface area contributed by atoms with Crippen LogP contribution in [0.25, 0.3) is 22.8 Å². The SMILES string of the molecule is Cc1ccc(C(=O)COc2ccc(-c3noc(-c4ccc(F)cc4F)n3)cc2)cc1. The van der Waals surface area contributed by atoms with Crippen LogP contribution in [-0.2, 0) is 0 Å². The van der Waals surface area contributed by atoms with E-state index < -0.39 is 11.6 Å². The van der Waals surface area contributed by atoms with Crippen molar-refractivity contribution in [3.05, 3.63) is 89.5 Å². The third-order valence-electron chi connectivity index (χ3n) is 4.44. The van der Waals surface area contributed by atoms with Crippen LogP contribution in [0.3, 0.4) is 0 Å². The van der Waals surface area contributed by atoms with Crippen molar-refractivity contribution in [2.45, 2.75) is 6.92 Å².